The molecular weight excluding hydrogens is 389 g/mol. The van der Waals surface area contributed by atoms with Gasteiger partial charge in [0.1, 0.15) is 35.2 Å². The van der Waals surface area contributed by atoms with Crippen molar-refractivity contribution in [3.8, 4) is 23.6 Å². The van der Waals surface area contributed by atoms with Crippen molar-refractivity contribution < 1.29 is 24.5 Å². The summed E-state index contributed by atoms with van der Waals surface area (Å²) in [5.74, 6) is -3.62. The third-order valence-electron chi connectivity index (χ3n) is 3.81. The van der Waals surface area contributed by atoms with Crippen LogP contribution in [0.3, 0.4) is 0 Å². The average Bonchev–Trinajstić information content (AvgIpc) is 2.65. The van der Waals surface area contributed by atoms with E-state index in [2.05, 4.69) is 0 Å². The Morgan fingerprint density at radius 3 is 2.50 bits per heavy atom. The SMILES string of the molecule is CN(Cc1cc(Cl)ccc1F)C(=O)/C(C#N)=C(\O)c1cc(C#N)c(O)cc1O. The molecule has 0 saturated heterocycles. The fourth-order valence-corrected chi connectivity index (χ4v) is 2.57. The first-order valence-corrected chi connectivity index (χ1v) is 8.06. The normalized spacial score (nSPS) is 11.2. The number of hydrogen-bond acceptors (Lipinski definition) is 6. The molecule has 0 heterocycles. The molecule has 0 aliphatic carbocycles. The number of carbonyl (C=O) groups is 1. The molecule has 2 aromatic rings. The second-order valence-electron chi connectivity index (χ2n) is 5.73. The Morgan fingerprint density at radius 2 is 1.89 bits per heavy atom. The molecule has 28 heavy (non-hydrogen) atoms. The zero-order chi connectivity index (χ0) is 21.0. The topological polar surface area (TPSA) is 129 Å². The summed E-state index contributed by atoms with van der Waals surface area (Å²) < 4.78 is 13.9. The number of hydrogen-bond donors (Lipinski definition) is 3. The van der Waals surface area contributed by atoms with E-state index in [9.17, 15) is 29.8 Å². The smallest absolute Gasteiger partial charge is 0.268 e. The number of aliphatic hydroxyl groups is 1. The lowest BCUT2D eigenvalue weighted by molar-refractivity contribution is -0.126. The zero-order valence-electron chi connectivity index (χ0n) is 14.4. The van der Waals surface area contributed by atoms with E-state index in [1.54, 1.807) is 6.07 Å². The number of carbonyl (C=O) groups excluding carboxylic acids is 1. The van der Waals surface area contributed by atoms with E-state index < -0.39 is 34.6 Å². The standard InChI is InChI=1S/C19H13ClFN3O4/c1-24(9-11-4-12(20)2-3-15(11)21)19(28)14(8-23)18(27)13-5-10(7-22)16(25)6-17(13)26/h2-6,25-27H,9H2,1H3/b18-14-. The van der Waals surface area contributed by atoms with Gasteiger partial charge in [-0.3, -0.25) is 4.79 Å². The molecule has 0 radical (unpaired) electrons. The van der Waals surface area contributed by atoms with E-state index in [0.29, 0.717) is 0 Å². The number of likely N-dealkylation sites (N-methyl/N-ethyl adjacent to an activating group) is 1. The van der Waals surface area contributed by atoms with Gasteiger partial charge in [0.15, 0.2) is 5.57 Å². The van der Waals surface area contributed by atoms with Gasteiger partial charge in [0.2, 0.25) is 0 Å². The van der Waals surface area contributed by atoms with Crippen molar-refractivity contribution in [1.29, 1.82) is 10.5 Å². The number of phenolic OH excluding ortho intramolecular Hbond substituents is 2. The molecule has 0 aliphatic rings. The van der Waals surface area contributed by atoms with Crippen LogP contribution in [0.4, 0.5) is 4.39 Å². The molecular formula is C19H13ClFN3O4. The van der Waals surface area contributed by atoms with Crippen LogP contribution < -0.4 is 0 Å². The van der Waals surface area contributed by atoms with E-state index in [1.807, 2.05) is 0 Å². The lowest BCUT2D eigenvalue weighted by Gasteiger charge is -2.18. The maximum absolute atomic E-state index is 13.9. The highest BCUT2D eigenvalue weighted by molar-refractivity contribution is 6.30. The quantitative estimate of drug-likeness (QED) is 0.410. The number of nitrogens with zero attached hydrogens (tertiary/aromatic N) is 3. The van der Waals surface area contributed by atoms with E-state index >= 15 is 0 Å². The minimum absolute atomic E-state index is 0.0966. The summed E-state index contributed by atoms with van der Waals surface area (Å²) in [6.07, 6.45) is 0. The summed E-state index contributed by atoms with van der Waals surface area (Å²) in [6.45, 7) is -0.241. The summed E-state index contributed by atoms with van der Waals surface area (Å²) in [5, 5.41) is 48.3. The van der Waals surface area contributed by atoms with Gasteiger partial charge in [-0.1, -0.05) is 11.6 Å². The van der Waals surface area contributed by atoms with Crippen LogP contribution in [-0.4, -0.2) is 33.2 Å². The Morgan fingerprint density at radius 1 is 1.21 bits per heavy atom. The van der Waals surface area contributed by atoms with Crippen molar-refractivity contribution >= 4 is 23.3 Å². The van der Waals surface area contributed by atoms with Gasteiger partial charge in [0.05, 0.1) is 11.1 Å². The molecule has 9 heteroatoms. The largest absolute Gasteiger partial charge is 0.507 e. The number of aliphatic hydroxyl groups excluding tert-OH is 1. The summed E-state index contributed by atoms with van der Waals surface area (Å²) in [7, 11) is 1.28. The van der Waals surface area contributed by atoms with E-state index in [1.165, 1.54) is 25.2 Å². The van der Waals surface area contributed by atoms with Gasteiger partial charge in [0.25, 0.3) is 5.91 Å². The third-order valence-corrected chi connectivity index (χ3v) is 4.05. The first-order chi connectivity index (χ1) is 13.2. The first kappa shape index (κ1) is 20.6. The molecule has 2 aromatic carbocycles. The molecule has 0 bridgehead atoms. The van der Waals surface area contributed by atoms with Crippen molar-refractivity contribution in [3.05, 3.63) is 63.4 Å². The molecule has 2 rings (SSSR count). The molecule has 1 amide bonds. The average molecular weight is 402 g/mol. The lowest BCUT2D eigenvalue weighted by Crippen LogP contribution is -2.28. The number of aromatic hydroxyl groups is 2. The molecule has 142 valence electrons. The van der Waals surface area contributed by atoms with Gasteiger partial charge in [-0.05, 0) is 24.3 Å². The predicted octanol–water partition coefficient (Wildman–Crippen LogP) is 3.21. The highest BCUT2D eigenvalue weighted by atomic mass is 35.5. The molecule has 0 aliphatic heterocycles. The number of halogens is 2. The number of nitriles is 2. The Labute approximate surface area is 164 Å². The van der Waals surface area contributed by atoms with Gasteiger partial charge in [-0.15, -0.1) is 0 Å². The van der Waals surface area contributed by atoms with Crippen molar-refractivity contribution in [2.75, 3.05) is 7.05 Å². The molecule has 0 spiro atoms. The van der Waals surface area contributed by atoms with Crippen LogP contribution >= 0.6 is 11.6 Å². The Kier molecular flexibility index (Phi) is 6.09. The van der Waals surface area contributed by atoms with E-state index in [0.717, 1.165) is 23.1 Å². The van der Waals surface area contributed by atoms with Gasteiger partial charge in [-0.25, -0.2) is 4.39 Å². The van der Waals surface area contributed by atoms with E-state index in [4.69, 9.17) is 16.9 Å². The summed E-state index contributed by atoms with van der Waals surface area (Å²) in [5.41, 5.74) is -1.31. The number of rotatable bonds is 4. The van der Waals surface area contributed by atoms with Crippen molar-refractivity contribution in [1.82, 2.24) is 4.90 Å². The summed E-state index contributed by atoms with van der Waals surface area (Å²) in [6, 6.07) is 8.70. The Balaban J connectivity index is 2.43. The summed E-state index contributed by atoms with van der Waals surface area (Å²) >= 11 is 5.81. The van der Waals surface area contributed by atoms with Gasteiger partial charge < -0.3 is 20.2 Å². The molecule has 0 atom stereocenters. The molecule has 0 fully saturated rings. The highest BCUT2D eigenvalue weighted by Gasteiger charge is 2.24. The van der Waals surface area contributed by atoms with Crippen LogP contribution in [-0.2, 0) is 11.3 Å². The van der Waals surface area contributed by atoms with Gasteiger partial charge >= 0.3 is 0 Å². The fourth-order valence-electron chi connectivity index (χ4n) is 2.38. The number of phenols is 2. The second kappa shape index (κ2) is 8.30. The summed E-state index contributed by atoms with van der Waals surface area (Å²) in [4.78, 5) is 13.5. The molecule has 0 unspecified atom stereocenters. The van der Waals surface area contributed by atoms with Crippen LogP contribution in [0.5, 0.6) is 11.5 Å². The highest BCUT2D eigenvalue weighted by Crippen LogP contribution is 2.32. The maximum Gasteiger partial charge on any atom is 0.268 e. The van der Waals surface area contributed by atoms with Crippen molar-refractivity contribution in [2.45, 2.75) is 6.54 Å². The maximum atomic E-state index is 13.9. The zero-order valence-corrected chi connectivity index (χ0v) is 15.2. The van der Waals surface area contributed by atoms with Crippen LogP contribution in [0.1, 0.15) is 16.7 Å². The third kappa shape index (κ3) is 4.14. The predicted molar refractivity (Wildman–Crippen MR) is 97.5 cm³/mol. The van der Waals surface area contributed by atoms with Crippen LogP contribution in [0.15, 0.2) is 35.9 Å². The molecule has 0 aromatic heterocycles. The molecule has 7 nitrogen and oxygen atoms in total. The number of amides is 1. The number of benzene rings is 2. The molecule has 0 saturated carbocycles. The Bertz CT molecular complexity index is 1070. The lowest BCUT2D eigenvalue weighted by atomic mass is 10.0. The minimum Gasteiger partial charge on any atom is -0.507 e. The van der Waals surface area contributed by atoms with Crippen LogP contribution in [0.2, 0.25) is 5.02 Å². The monoisotopic (exact) mass is 401 g/mol. The fraction of sp³-hybridized carbons (Fsp3) is 0.105. The second-order valence-corrected chi connectivity index (χ2v) is 6.17. The first-order valence-electron chi connectivity index (χ1n) is 7.68. The van der Waals surface area contributed by atoms with Gasteiger partial charge in [0, 0.05) is 30.2 Å². The minimum atomic E-state index is -0.953. The van der Waals surface area contributed by atoms with Crippen LogP contribution in [0, 0.1) is 28.5 Å². The van der Waals surface area contributed by atoms with Gasteiger partial charge in [-0.2, -0.15) is 10.5 Å². The van der Waals surface area contributed by atoms with Crippen LogP contribution in [0.25, 0.3) is 5.76 Å². The molecule has 3 N–H and O–H groups in total. The Hall–Kier alpha value is -3.75. The van der Waals surface area contributed by atoms with Crippen molar-refractivity contribution in [3.63, 3.8) is 0 Å². The van der Waals surface area contributed by atoms with E-state index in [-0.39, 0.29) is 28.3 Å². The van der Waals surface area contributed by atoms with Crippen molar-refractivity contribution in [2.24, 2.45) is 0 Å².